The molecule has 0 unspecified atom stereocenters. The maximum absolute atomic E-state index is 12.4. The summed E-state index contributed by atoms with van der Waals surface area (Å²) in [7, 11) is 0. The quantitative estimate of drug-likeness (QED) is 0.594. The van der Waals surface area contributed by atoms with E-state index in [0.717, 1.165) is 38.6 Å². The normalized spacial score (nSPS) is 34.2. The van der Waals surface area contributed by atoms with Gasteiger partial charge in [-0.2, -0.15) is 0 Å². The standard InChI is InChI=1S/C18H33N3O2/c1-15(18(22)19-14-17-6-5-13-23-17)20-11-7-16(8-12-20)21-9-3-2-4-10-21/h15-17H,2-14H2,1H3,(H,19,22)/p+2/t15-,17+/m0/s1. The van der Waals surface area contributed by atoms with Crippen LogP contribution in [0.5, 0.6) is 0 Å². The number of carbonyl (C=O) groups excluding carboxylic acids is 1. The molecule has 3 fully saturated rings. The molecule has 1 amide bonds. The molecule has 3 aliphatic rings. The van der Waals surface area contributed by atoms with Crippen LogP contribution in [0.3, 0.4) is 0 Å². The molecule has 0 aromatic carbocycles. The number of quaternary nitrogens is 2. The Bertz CT molecular complexity index is 370. The molecule has 0 bridgehead atoms. The number of likely N-dealkylation sites (tertiary alicyclic amines) is 2. The molecular formula is C18H35N3O2+2. The fourth-order valence-corrected chi connectivity index (χ4v) is 4.60. The minimum atomic E-state index is 0.0775. The van der Waals surface area contributed by atoms with Crippen LogP contribution in [0.2, 0.25) is 0 Å². The van der Waals surface area contributed by atoms with E-state index in [1.807, 2.05) is 4.90 Å². The van der Waals surface area contributed by atoms with Gasteiger partial charge in [-0.25, -0.2) is 0 Å². The predicted molar refractivity (Wildman–Crippen MR) is 89.7 cm³/mol. The topological polar surface area (TPSA) is 47.2 Å². The smallest absolute Gasteiger partial charge is 0.278 e. The minimum Gasteiger partial charge on any atom is -0.376 e. The van der Waals surface area contributed by atoms with Gasteiger partial charge in [-0.05, 0) is 39.0 Å². The summed E-state index contributed by atoms with van der Waals surface area (Å²) in [5.74, 6) is 0.208. The van der Waals surface area contributed by atoms with Crippen molar-refractivity contribution in [3.05, 3.63) is 0 Å². The maximum atomic E-state index is 12.4. The molecule has 0 radical (unpaired) electrons. The highest BCUT2D eigenvalue weighted by Crippen LogP contribution is 2.10. The molecule has 3 rings (SSSR count). The Labute approximate surface area is 140 Å². The Morgan fingerprint density at radius 1 is 1.09 bits per heavy atom. The van der Waals surface area contributed by atoms with Crippen LogP contribution in [0, 0.1) is 0 Å². The van der Waals surface area contributed by atoms with Gasteiger partial charge in [0, 0.05) is 26.0 Å². The highest BCUT2D eigenvalue weighted by Gasteiger charge is 2.34. The average molecular weight is 325 g/mol. The Balaban J connectivity index is 1.38. The van der Waals surface area contributed by atoms with Crippen molar-refractivity contribution >= 4 is 5.91 Å². The molecule has 3 heterocycles. The fraction of sp³-hybridized carbons (Fsp3) is 0.944. The molecule has 0 aliphatic carbocycles. The number of rotatable bonds is 5. The van der Waals surface area contributed by atoms with Crippen LogP contribution in [-0.2, 0) is 9.53 Å². The number of nitrogens with one attached hydrogen (secondary N) is 3. The lowest BCUT2D eigenvalue weighted by Gasteiger charge is -2.37. The third-order valence-electron chi connectivity index (χ3n) is 6.23. The van der Waals surface area contributed by atoms with Gasteiger partial charge in [-0.1, -0.05) is 0 Å². The van der Waals surface area contributed by atoms with Gasteiger partial charge in [-0.3, -0.25) is 4.79 Å². The zero-order chi connectivity index (χ0) is 16.1. The van der Waals surface area contributed by atoms with Crippen LogP contribution in [0.25, 0.3) is 0 Å². The Kier molecular flexibility index (Phi) is 6.31. The molecule has 5 heteroatoms. The van der Waals surface area contributed by atoms with E-state index in [1.54, 1.807) is 0 Å². The molecule has 3 aliphatic heterocycles. The lowest BCUT2D eigenvalue weighted by atomic mass is 9.99. The Morgan fingerprint density at radius 2 is 1.83 bits per heavy atom. The summed E-state index contributed by atoms with van der Waals surface area (Å²) in [4.78, 5) is 15.7. The van der Waals surface area contributed by atoms with E-state index in [1.165, 1.54) is 50.1 Å². The molecule has 0 aromatic heterocycles. The lowest BCUT2D eigenvalue weighted by Crippen LogP contribution is -3.22. The molecule has 5 nitrogen and oxygen atoms in total. The third-order valence-corrected chi connectivity index (χ3v) is 6.23. The zero-order valence-corrected chi connectivity index (χ0v) is 14.7. The molecule has 132 valence electrons. The van der Waals surface area contributed by atoms with Crippen molar-refractivity contribution in [1.82, 2.24) is 5.32 Å². The van der Waals surface area contributed by atoms with Crippen LogP contribution in [0.1, 0.15) is 51.9 Å². The van der Waals surface area contributed by atoms with Gasteiger partial charge in [0.25, 0.3) is 5.91 Å². The number of hydrogen-bond donors (Lipinski definition) is 3. The largest absolute Gasteiger partial charge is 0.376 e. The number of piperidine rings is 2. The Morgan fingerprint density at radius 3 is 2.48 bits per heavy atom. The molecule has 3 N–H and O–H groups in total. The zero-order valence-electron chi connectivity index (χ0n) is 14.7. The fourth-order valence-electron chi connectivity index (χ4n) is 4.60. The second-order valence-corrected chi connectivity index (χ2v) is 7.75. The van der Waals surface area contributed by atoms with E-state index in [9.17, 15) is 4.79 Å². The van der Waals surface area contributed by atoms with Crippen molar-refractivity contribution in [2.24, 2.45) is 0 Å². The number of amides is 1. The first-order valence-electron chi connectivity index (χ1n) is 9.82. The first-order valence-corrected chi connectivity index (χ1v) is 9.82. The van der Waals surface area contributed by atoms with Gasteiger partial charge >= 0.3 is 0 Å². The second kappa shape index (κ2) is 8.45. The van der Waals surface area contributed by atoms with E-state index in [-0.39, 0.29) is 18.1 Å². The number of ether oxygens (including phenoxy) is 1. The highest BCUT2D eigenvalue weighted by atomic mass is 16.5. The van der Waals surface area contributed by atoms with Gasteiger partial charge in [0.05, 0.1) is 38.3 Å². The number of carbonyl (C=O) groups is 1. The molecule has 0 saturated carbocycles. The van der Waals surface area contributed by atoms with Crippen molar-refractivity contribution < 1.29 is 19.3 Å². The molecular weight excluding hydrogens is 290 g/mol. The van der Waals surface area contributed by atoms with Crippen molar-refractivity contribution in [2.75, 3.05) is 39.3 Å². The highest BCUT2D eigenvalue weighted by molar-refractivity contribution is 5.79. The van der Waals surface area contributed by atoms with Crippen LogP contribution in [0.15, 0.2) is 0 Å². The van der Waals surface area contributed by atoms with Crippen molar-refractivity contribution in [1.29, 1.82) is 0 Å². The first kappa shape index (κ1) is 17.2. The second-order valence-electron chi connectivity index (χ2n) is 7.75. The number of hydrogen-bond acceptors (Lipinski definition) is 2. The van der Waals surface area contributed by atoms with Crippen molar-refractivity contribution in [2.45, 2.75) is 70.1 Å². The monoisotopic (exact) mass is 325 g/mol. The third kappa shape index (κ3) is 4.68. The average Bonchev–Trinajstić information content (AvgIpc) is 3.13. The van der Waals surface area contributed by atoms with Crippen LogP contribution in [0.4, 0.5) is 0 Å². The first-order chi connectivity index (χ1) is 11.2. The maximum Gasteiger partial charge on any atom is 0.278 e. The van der Waals surface area contributed by atoms with Gasteiger partial charge in [0.15, 0.2) is 6.04 Å². The summed E-state index contributed by atoms with van der Waals surface area (Å²) in [6.45, 7) is 8.69. The van der Waals surface area contributed by atoms with Crippen molar-refractivity contribution in [3.63, 3.8) is 0 Å². The van der Waals surface area contributed by atoms with E-state index in [4.69, 9.17) is 4.74 Å². The van der Waals surface area contributed by atoms with Crippen molar-refractivity contribution in [3.8, 4) is 0 Å². The summed E-state index contributed by atoms with van der Waals surface area (Å²) < 4.78 is 5.59. The summed E-state index contributed by atoms with van der Waals surface area (Å²) in [5.41, 5.74) is 0. The van der Waals surface area contributed by atoms with Gasteiger partial charge in [0.1, 0.15) is 0 Å². The predicted octanol–water partition coefficient (Wildman–Crippen LogP) is -1.21. The molecule has 3 saturated heterocycles. The van der Waals surface area contributed by atoms with E-state index in [2.05, 4.69) is 12.2 Å². The van der Waals surface area contributed by atoms with Crippen LogP contribution in [-0.4, -0.2) is 63.4 Å². The SMILES string of the molecule is C[C@@H](C(=O)NC[C@H]1CCCO1)[NH+]1CCC([NH+]2CCCCC2)CC1. The van der Waals surface area contributed by atoms with E-state index >= 15 is 0 Å². The van der Waals surface area contributed by atoms with E-state index < -0.39 is 0 Å². The summed E-state index contributed by atoms with van der Waals surface area (Å²) in [5, 5.41) is 3.11. The van der Waals surface area contributed by atoms with E-state index in [0.29, 0.717) is 6.54 Å². The van der Waals surface area contributed by atoms with Crippen LogP contribution < -0.4 is 15.1 Å². The lowest BCUT2D eigenvalue weighted by molar-refractivity contribution is -0.965. The summed E-state index contributed by atoms with van der Waals surface area (Å²) >= 11 is 0. The minimum absolute atomic E-state index is 0.0775. The summed E-state index contributed by atoms with van der Waals surface area (Å²) in [6, 6.07) is 0.926. The summed E-state index contributed by atoms with van der Waals surface area (Å²) in [6.07, 6.45) is 9.28. The molecule has 0 spiro atoms. The Hall–Kier alpha value is -0.650. The molecule has 2 atom stereocenters. The van der Waals surface area contributed by atoms with Gasteiger partial charge in [0.2, 0.25) is 0 Å². The van der Waals surface area contributed by atoms with Gasteiger partial charge < -0.3 is 19.9 Å². The van der Waals surface area contributed by atoms with Crippen LogP contribution >= 0.6 is 0 Å². The molecule has 0 aromatic rings. The van der Waals surface area contributed by atoms with Gasteiger partial charge in [-0.15, -0.1) is 0 Å². The molecule has 23 heavy (non-hydrogen) atoms.